The summed E-state index contributed by atoms with van der Waals surface area (Å²) >= 11 is 0. The van der Waals surface area contributed by atoms with Crippen LogP contribution in [0.1, 0.15) is 61.4 Å². The Kier molecular flexibility index (Phi) is 4.53. The van der Waals surface area contributed by atoms with Gasteiger partial charge >= 0.3 is 0 Å². The van der Waals surface area contributed by atoms with Gasteiger partial charge in [0.2, 0.25) is 5.91 Å². The Hall–Kier alpha value is -1.84. The van der Waals surface area contributed by atoms with E-state index < -0.39 is 0 Å². The molecule has 2 fully saturated rings. The Morgan fingerprint density at radius 3 is 2.84 bits per heavy atom. The van der Waals surface area contributed by atoms with Crippen LogP contribution in [-0.4, -0.2) is 24.9 Å². The summed E-state index contributed by atoms with van der Waals surface area (Å²) in [4.78, 5) is 26.3. The Bertz CT molecular complexity index is 684. The van der Waals surface area contributed by atoms with Crippen molar-refractivity contribution in [2.45, 2.75) is 51.9 Å². The van der Waals surface area contributed by atoms with Crippen LogP contribution in [-0.2, 0) is 11.2 Å². The highest BCUT2D eigenvalue weighted by molar-refractivity contribution is 5.98. The van der Waals surface area contributed by atoms with Crippen LogP contribution in [0.4, 0.5) is 5.69 Å². The van der Waals surface area contributed by atoms with Crippen molar-refractivity contribution in [2.75, 3.05) is 18.0 Å². The first-order valence-corrected chi connectivity index (χ1v) is 9.87. The van der Waals surface area contributed by atoms with Gasteiger partial charge in [-0.25, -0.2) is 0 Å². The Labute approximate surface area is 150 Å². The summed E-state index contributed by atoms with van der Waals surface area (Å²) in [5, 5.41) is 3.10. The molecule has 0 spiro atoms. The topological polar surface area (TPSA) is 49.4 Å². The van der Waals surface area contributed by atoms with Gasteiger partial charge in [0.05, 0.1) is 0 Å². The van der Waals surface area contributed by atoms with Crippen LogP contribution in [0.15, 0.2) is 18.2 Å². The van der Waals surface area contributed by atoms with Gasteiger partial charge in [0, 0.05) is 30.8 Å². The molecule has 0 saturated heterocycles. The van der Waals surface area contributed by atoms with E-state index in [1.807, 2.05) is 30.0 Å². The van der Waals surface area contributed by atoms with Gasteiger partial charge < -0.3 is 10.2 Å². The highest BCUT2D eigenvalue weighted by Gasteiger charge is 2.38. The summed E-state index contributed by atoms with van der Waals surface area (Å²) in [5.74, 6) is 2.89. The zero-order valence-corrected chi connectivity index (χ0v) is 15.1. The quantitative estimate of drug-likeness (QED) is 0.891. The number of rotatable bonds is 5. The second kappa shape index (κ2) is 6.81. The second-order valence-electron chi connectivity index (χ2n) is 7.97. The van der Waals surface area contributed by atoms with E-state index >= 15 is 0 Å². The molecule has 2 amide bonds. The molecule has 2 bridgehead atoms. The summed E-state index contributed by atoms with van der Waals surface area (Å²) in [6.07, 6.45) is 8.12. The Balaban J connectivity index is 1.33. The third kappa shape index (κ3) is 3.19. The van der Waals surface area contributed by atoms with Crippen molar-refractivity contribution < 1.29 is 9.59 Å². The summed E-state index contributed by atoms with van der Waals surface area (Å²) < 4.78 is 0. The molecule has 3 aliphatic rings. The first-order chi connectivity index (χ1) is 12.2. The lowest BCUT2D eigenvalue weighted by Crippen LogP contribution is -2.28. The molecule has 2 saturated carbocycles. The largest absolute Gasteiger partial charge is 0.352 e. The minimum Gasteiger partial charge on any atom is -0.352 e. The van der Waals surface area contributed by atoms with E-state index in [4.69, 9.17) is 0 Å². The molecule has 3 atom stereocenters. The van der Waals surface area contributed by atoms with Crippen LogP contribution in [0.2, 0.25) is 0 Å². The van der Waals surface area contributed by atoms with Crippen molar-refractivity contribution in [2.24, 2.45) is 17.8 Å². The maximum atomic E-state index is 12.5. The molecule has 2 aliphatic carbocycles. The summed E-state index contributed by atoms with van der Waals surface area (Å²) in [5.41, 5.74) is 2.81. The first-order valence-electron chi connectivity index (χ1n) is 9.87. The lowest BCUT2D eigenvalue weighted by molar-refractivity contribution is -0.118. The molecule has 1 aromatic carbocycles. The average Bonchev–Trinajstić information content (AvgIpc) is 3.35. The van der Waals surface area contributed by atoms with Crippen LogP contribution in [0.5, 0.6) is 0 Å². The molecule has 25 heavy (non-hydrogen) atoms. The summed E-state index contributed by atoms with van der Waals surface area (Å²) in [7, 11) is 0. The highest BCUT2D eigenvalue weighted by Crippen LogP contribution is 2.49. The van der Waals surface area contributed by atoms with Crippen molar-refractivity contribution in [3.63, 3.8) is 0 Å². The standard InChI is InChI=1S/C21H28N2O2/c1-2-20(24)23-10-8-17-13-18(5-6-19(17)23)21(25)22-9-7-16-12-14-3-4-15(16)11-14/h5-6,13-16H,2-4,7-12H2,1H3,(H,22,25). The van der Waals surface area contributed by atoms with Gasteiger partial charge in [-0.15, -0.1) is 0 Å². The number of hydrogen-bond acceptors (Lipinski definition) is 2. The lowest BCUT2D eigenvalue weighted by Gasteiger charge is -2.21. The Morgan fingerprint density at radius 1 is 1.24 bits per heavy atom. The van der Waals surface area contributed by atoms with Crippen molar-refractivity contribution in [3.8, 4) is 0 Å². The molecule has 1 aromatic rings. The fourth-order valence-electron chi connectivity index (χ4n) is 5.20. The van der Waals surface area contributed by atoms with Gasteiger partial charge in [0.25, 0.3) is 5.91 Å². The molecule has 3 unspecified atom stereocenters. The lowest BCUT2D eigenvalue weighted by atomic mass is 9.86. The highest BCUT2D eigenvalue weighted by atomic mass is 16.2. The van der Waals surface area contributed by atoms with Gasteiger partial charge in [0.15, 0.2) is 0 Å². The number of carbonyl (C=O) groups is 2. The number of amides is 2. The van der Waals surface area contributed by atoms with E-state index in [0.29, 0.717) is 6.42 Å². The van der Waals surface area contributed by atoms with Gasteiger partial charge in [-0.3, -0.25) is 9.59 Å². The van der Waals surface area contributed by atoms with E-state index in [0.717, 1.165) is 60.5 Å². The van der Waals surface area contributed by atoms with E-state index in [1.165, 1.54) is 25.7 Å². The van der Waals surface area contributed by atoms with Crippen LogP contribution in [0.25, 0.3) is 0 Å². The zero-order valence-electron chi connectivity index (χ0n) is 15.1. The van der Waals surface area contributed by atoms with Gasteiger partial charge in [-0.2, -0.15) is 0 Å². The van der Waals surface area contributed by atoms with E-state index in [9.17, 15) is 9.59 Å². The summed E-state index contributed by atoms with van der Waals surface area (Å²) in [6, 6.07) is 5.75. The fraction of sp³-hybridized carbons (Fsp3) is 0.619. The molecule has 4 rings (SSSR count). The maximum Gasteiger partial charge on any atom is 0.251 e. The van der Waals surface area contributed by atoms with Crippen LogP contribution in [0.3, 0.4) is 0 Å². The van der Waals surface area contributed by atoms with Crippen LogP contribution in [0, 0.1) is 17.8 Å². The zero-order chi connectivity index (χ0) is 17.4. The third-order valence-corrected chi connectivity index (χ3v) is 6.53. The average molecular weight is 340 g/mol. The number of nitrogens with one attached hydrogen (secondary N) is 1. The number of hydrogen-bond donors (Lipinski definition) is 1. The Morgan fingerprint density at radius 2 is 2.12 bits per heavy atom. The van der Waals surface area contributed by atoms with E-state index in [1.54, 1.807) is 0 Å². The molecule has 4 nitrogen and oxygen atoms in total. The molecular formula is C21H28N2O2. The monoisotopic (exact) mass is 340 g/mol. The second-order valence-corrected chi connectivity index (χ2v) is 7.97. The molecule has 1 N–H and O–H groups in total. The number of benzene rings is 1. The molecule has 1 aliphatic heterocycles. The third-order valence-electron chi connectivity index (χ3n) is 6.53. The van der Waals surface area contributed by atoms with Crippen molar-refractivity contribution in [1.29, 1.82) is 0 Å². The van der Waals surface area contributed by atoms with Gasteiger partial charge in [-0.05, 0) is 73.6 Å². The van der Waals surface area contributed by atoms with Gasteiger partial charge in [-0.1, -0.05) is 13.3 Å². The van der Waals surface area contributed by atoms with Crippen LogP contribution >= 0.6 is 0 Å². The number of anilines is 1. The minimum absolute atomic E-state index is 0.0197. The molecule has 0 aromatic heterocycles. The summed E-state index contributed by atoms with van der Waals surface area (Å²) in [6.45, 7) is 3.40. The SMILES string of the molecule is CCC(=O)N1CCc2cc(C(=O)NCCC3CC4CCC3C4)ccc21. The molecule has 1 heterocycles. The predicted octanol–water partition coefficient (Wildman–Crippen LogP) is 3.54. The van der Waals surface area contributed by atoms with E-state index in [-0.39, 0.29) is 11.8 Å². The first kappa shape index (κ1) is 16.6. The minimum atomic E-state index is 0.0197. The van der Waals surface area contributed by atoms with Crippen molar-refractivity contribution in [1.82, 2.24) is 5.32 Å². The smallest absolute Gasteiger partial charge is 0.251 e. The number of fused-ring (bicyclic) bond motifs is 3. The number of carbonyl (C=O) groups excluding carboxylic acids is 2. The molecule has 0 radical (unpaired) electrons. The predicted molar refractivity (Wildman–Crippen MR) is 98.7 cm³/mol. The molecule has 134 valence electrons. The normalized spacial score (nSPS) is 26.8. The molecule has 4 heteroatoms. The molecular weight excluding hydrogens is 312 g/mol. The van der Waals surface area contributed by atoms with Crippen molar-refractivity contribution >= 4 is 17.5 Å². The van der Waals surface area contributed by atoms with Gasteiger partial charge in [0.1, 0.15) is 0 Å². The van der Waals surface area contributed by atoms with Crippen LogP contribution < -0.4 is 10.2 Å². The maximum absolute atomic E-state index is 12.5. The van der Waals surface area contributed by atoms with E-state index in [2.05, 4.69) is 5.32 Å². The fourth-order valence-corrected chi connectivity index (χ4v) is 5.20. The van der Waals surface area contributed by atoms with Crippen molar-refractivity contribution in [3.05, 3.63) is 29.3 Å². The number of nitrogens with zero attached hydrogens (tertiary/aromatic N) is 1.